The zero-order valence-corrected chi connectivity index (χ0v) is 13.6. The van der Waals surface area contributed by atoms with Crippen molar-refractivity contribution < 1.29 is 14.3 Å². The van der Waals surface area contributed by atoms with Gasteiger partial charge in [0, 0.05) is 11.1 Å². The number of rotatable bonds is 5. The third kappa shape index (κ3) is 2.90. The van der Waals surface area contributed by atoms with E-state index in [-0.39, 0.29) is 0 Å². The number of nitrogens with two attached hydrogens (primary N) is 1. The van der Waals surface area contributed by atoms with Crippen LogP contribution >= 0.6 is 0 Å². The molecule has 0 aromatic heterocycles. The van der Waals surface area contributed by atoms with Gasteiger partial charge in [-0.1, -0.05) is 0 Å². The second kappa shape index (κ2) is 6.62. The molecule has 0 bridgehead atoms. The number of amides is 2. The molecule has 24 heavy (non-hydrogen) atoms. The summed E-state index contributed by atoms with van der Waals surface area (Å²) in [5.41, 5.74) is 12.0. The summed E-state index contributed by atoms with van der Waals surface area (Å²) < 4.78 is 11.1. The van der Waals surface area contributed by atoms with E-state index in [4.69, 9.17) is 15.2 Å². The highest BCUT2D eigenvalue weighted by Gasteiger charge is 2.26. The minimum absolute atomic E-state index is 0.576. The van der Waals surface area contributed by atoms with E-state index in [9.17, 15) is 4.79 Å². The second-order valence-electron chi connectivity index (χ2n) is 5.22. The van der Waals surface area contributed by atoms with Crippen molar-refractivity contribution in [3.05, 3.63) is 47.5 Å². The fourth-order valence-corrected chi connectivity index (χ4v) is 2.80. The van der Waals surface area contributed by atoms with E-state index in [0.717, 1.165) is 33.8 Å². The molecule has 0 unspecified atom stereocenters. The Morgan fingerprint density at radius 2 is 1.46 bits per heavy atom. The molecule has 0 radical (unpaired) electrons. The molecule has 3 rings (SSSR count). The molecule has 2 aromatic carbocycles. The van der Waals surface area contributed by atoms with E-state index in [0.29, 0.717) is 18.9 Å². The maximum Gasteiger partial charge on any atom is 0.332 e. The van der Waals surface area contributed by atoms with Crippen LogP contribution in [0, 0.1) is 0 Å². The van der Waals surface area contributed by atoms with Crippen LogP contribution in [0.5, 0.6) is 11.5 Å². The van der Waals surface area contributed by atoms with Crippen LogP contribution in [0.3, 0.4) is 0 Å². The van der Waals surface area contributed by atoms with Crippen LogP contribution in [0.25, 0.3) is 11.1 Å². The van der Waals surface area contributed by atoms with Crippen molar-refractivity contribution in [3.8, 4) is 22.6 Å². The Balaban J connectivity index is 2.13. The lowest BCUT2D eigenvalue weighted by Gasteiger charge is -2.06. The molecule has 0 fully saturated rings. The Morgan fingerprint density at radius 3 is 1.88 bits per heavy atom. The van der Waals surface area contributed by atoms with E-state index in [1.54, 1.807) is 0 Å². The van der Waals surface area contributed by atoms with Crippen LogP contribution in [0.1, 0.15) is 25.0 Å². The van der Waals surface area contributed by atoms with Gasteiger partial charge in [-0.25, -0.2) is 10.2 Å². The molecule has 0 saturated carbocycles. The highest BCUT2D eigenvalue weighted by molar-refractivity contribution is 6.25. The monoisotopic (exact) mass is 325 g/mol. The van der Waals surface area contributed by atoms with Gasteiger partial charge < -0.3 is 15.2 Å². The van der Waals surface area contributed by atoms with Gasteiger partial charge in [-0.2, -0.15) is 5.10 Å². The van der Waals surface area contributed by atoms with Crippen LogP contribution in [0.4, 0.5) is 4.79 Å². The lowest BCUT2D eigenvalue weighted by atomic mass is 10.1. The number of carbonyl (C=O) groups excluding carboxylic acids is 1. The van der Waals surface area contributed by atoms with Crippen molar-refractivity contribution in [2.24, 2.45) is 10.8 Å². The van der Waals surface area contributed by atoms with Crippen LogP contribution in [-0.2, 0) is 0 Å². The summed E-state index contributed by atoms with van der Waals surface area (Å²) in [5, 5.41) is 4.19. The fourth-order valence-electron chi connectivity index (χ4n) is 2.80. The topological polar surface area (TPSA) is 85.9 Å². The first-order valence-electron chi connectivity index (χ1n) is 7.82. The molecule has 6 nitrogen and oxygen atoms in total. The SMILES string of the molecule is CCOc1ccc2c(c1)C(=NNC(N)=O)c1cc(OCC)ccc1-2. The predicted octanol–water partition coefficient (Wildman–Crippen LogP) is 2.89. The number of primary amides is 1. The third-order valence-corrected chi connectivity index (χ3v) is 3.68. The van der Waals surface area contributed by atoms with Gasteiger partial charge in [-0.05, 0) is 61.4 Å². The molecule has 3 N–H and O–H groups in total. The maximum absolute atomic E-state index is 11.1. The average molecular weight is 325 g/mol. The minimum Gasteiger partial charge on any atom is -0.494 e. The van der Waals surface area contributed by atoms with Gasteiger partial charge in [-0.3, -0.25) is 0 Å². The Hall–Kier alpha value is -3.02. The first kappa shape index (κ1) is 15.9. The number of benzene rings is 2. The summed E-state index contributed by atoms with van der Waals surface area (Å²) >= 11 is 0. The number of urea groups is 1. The lowest BCUT2D eigenvalue weighted by molar-refractivity contribution is 0.249. The van der Waals surface area contributed by atoms with Crippen molar-refractivity contribution in [1.29, 1.82) is 0 Å². The normalized spacial score (nSPS) is 11.5. The number of hydrogen-bond donors (Lipinski definition) is 2. The molecule has 1 aliphatic carbocycles. The molecule has 1 aliphatic rings. The molecular weight excluding hydrogens is 306 g/mol. The summed E-state index contributed by atoms with van der Waals surface area (Å²) in [5.74, 6) is 1.50. The number of nitrogens with one attached hydrogen (secondary N) is 1. The molecule has 0 saturated heterocycles. The number of hydrazone groups is 1. The van der Waals surface area contributed by atoms with Gasteiger partial charge in [0.1, 0.15) is 11.5 Å². The van der Waals surface area contributed by atoms with Gasteiger partial charge in [-0.15, -0.1) is 0 Å². The summed E-state index contributed by atoms with van der Waals surface area (Å²) in [6, 6.07) is 11.0. The average Bonchev–Trinajstić information content (AvgIpc) is 2.86. The lowest BCUT2D eigenvalue weighted by Crippen LogP contribution is -2.25. The first-order valence-corrected chi connectivity index (χ1v) is 7.82. The number of fused-ring (bicyclic) bond motifs is 3. The molecular formula is C18H19N3O3. The van der Waals surface area contributed by atoms with Crippen molar-refractivity contribution in [1.82, 2.24) is 5.43 Å². The minimum atomic E-state index is -0.709. The van der Waals surface area contributed by atoms with Crippen molar-refractivity contribution in [2.45, 2.75) is 13.8 Å². The second-order valence-corrected chi connectivity index (χ2v) is 5.22. The zero-order chi connectivity index (χ0) is 17.1. The largest absolute Gasteiger partial charge is 0.494 e. The molecule has 0 atom stereocenters. The highest BCUT2D eigenvalue weighted by atomic mass is 16.5. The summed E-state index contributed by atoms with van der Waals surface area (Å²) in [6.07, 6.45) is 0. The first-order chi connectivity index (χ1) is 11.6. The predicted molar refractivity (Wildman–Crippen MR) is 92.6 cm³/mol. The van der Waals surface area contributed by atoms with E-state index < -0.39 is 6.03 Å². The van der Waals surface area contributed by atoms with Crippen molar-refractivity contribution in [3.63, 3.8) is 0 Å². The quantitative estimate of drug-likeness (QED) is 0.707. The third-order valence-electron chi connectivity index (χ3n) is 3.68. The summed E-state index contributed by atoms with van der Waals surface area (Å²) in [6.45, 7) is 5.01. The summed E-state index contributed by atoms with van der Waals surface area (Å²) in [4.78, 5) is 11.1. The molecule has 0 heterocycles. The molecule has 2 amide bonds. The van der Waals surface area contributed by atoms with Gasteiger partial charge in [0.2, 0.25) is 0 Å². The number of carbonyl (C=O) groups is 1. The van der Waals surface area contributed by atoms with Crippen molar-refractivity contribution in [2.75, 3.05) is 13.2 Å². The van der Waals surface area contributed by atoms with E-state index in [2.05, 4.69) is 10.5 Å². The fraction of sp³-hybridized carbons (Fsp3) is 0.222. The van der Waals surface area contributed by atoms with Gasteiger partial charge in [0.05, 0.1) is 18.9 Å². The Morgan fingerprint density at radius 1 is 0.958 bits per heavy atom. The van der Waals surface area contributed by atoms with Crippen LogP contribution in [0.15, 0.2) is 41.5 Å². The molecule has 2 aromatic rings. The van der Waals surface area contributed by atoms with Gasteiger partial charge in [0.25, 0.3) is 0 Å². The molecule has 0 aliphatic heterocycles. The zero-order valence-electron chi connectivity index (χ0n) is 13.6. The summed E-state index contributed by atoms with van der Waals surface area (Å²) in [7, 11) is 0. The van der Waals surface area contributed by atoms with Crippen LogP contribution in [-0.4, -0.2) is 25.0 Å². The standard InChI is InChI=1S/C18H19N3O3/c1-3-23-11-5-7-13-14-8-6-12(24-4-2)10-16(14)17(15(13)9-11)20-21-18(19)22/h5-10H,3-4H2,1-2H3,(H3,19,21,22). The number of ether oxygens (including phenoxy) is 2. The Labute approximate surface area is 140 Å². The number of nitrogens with zero attached hydrogens (tertiary/aromatic N) is 1. The van der Waals surface area contributed by atoms with Crippen molar-refractivity contribution >= 4 is 11.7 Å². The maximum atomic E-state index is 11.1. The van der Waals surface area contributed by atoms with Crippen LogP contribution in [0.2, 0.25) is 0 Å². The van der Waals surface area contributed by atoms with Crippen LogP contribution < -0.4 is 20.6 Å². The van der Waals surface area contributed by atoms with E-state index >= 15 is 0 Å². The van der Waals surface area contributed by atoms with Gasteiger partial charge in [0.15, 0.2) is 0 Å². The van der Waals surface area contributed by atoms with E-state index in [1.165, 1.54) is 0 Å². The molecule has 6 heteroatoms. The smallest absolute Gasteiger partial charge is 0.332 e. The molecule has 124 valence electrons. The van der Waals surface area contributed by atoms with E-state index in [1.807, 2.05) is 50.2 Å². The van der Waals surface area contributed by atoms with Gasteiger partial charge >= 0.3 is 6.03 Å². The Bertz CT molecular complexity index is 758. The highest BCUT2D eigenvalue weighted by Crippen LogP contribution is 2.40. The number of hydrogen-bond acceptors (Lipinski definition) is 4. The molecule has 0 spiro atoms. The Kier molecular flexibility index (Phi) is 4.37.